The smallest absolute Gasteiger partial charge is 0.258 e. The van der Waals surface area contributed by atoms with Crippen LogP contribution >= 0.6 is 11.6 Å². The maximum atomic E-state index is 13.5. The minimum atomic E-state index is -0.718. The van der Waals surface area contributed by atoms with E-state index in [9.17, 15) is 14.0 Å². The third kappa shape index (κ3) is 3.59. The molecule has 0 atom stereocenters. The molecule has 0 radical (unpaired) electrons. The van der Waals surface area contributed by atoms with Crippen molar-refractivity contribution in [2.75, 3.05) is 0 Å². The van der Waals surface area contributed by atoms with Crippen LogP contribution in [0.4, 0.5) is 8.78 Å². The molecule has 2 aromatic carbocycles. The maximum Gasteiger partial charge on any atom is 0.258 e. The fourth-order valence-corrected chi connectivity index (χ4v) is 3.60. The number of aryl methyl sites for hydroxylation is 1. The second-order valence-corrected chi connectivity index (χ2v) is 7.00. The number of halogens is 3. The topological polar surface area (TPSA) is 67.6 Å². The number of rotatable bonds is 5. The molecular weight excluding hydrogens is 398 g/mol. The molecule has 0 aliphatic rings. The van der Waals surface area contributed by atoms with Gasteiger partial charge in [-0.15, -0.1) is 0 Å². The van der Waals surface area contributed by atoms with Crippen molar-refractivity contribution in [3.63, 3.8) is 0 Å². The van der Waals surface area contributed by atoms with Gasteiger partial charge in [-0.3, -0.25) is 0 Å². The quantitative estimate of drug-likeness (QED) is 0.434. The molecule has 0 aliphatic carbocycles. The van der Waals surface area contributed by atoms with E-state index in [0.29, 0.717) is 23.0 Å². The van der Waals surface area contributed by atoms with Crippen molar-refractivity contribution in [1.82, 2.24) is 14.7 Å². The fraction of sp³-hybridized carbons (Fsp3) is 0.190. The Morgan fingerprint density at radius 1 is 1.17 bits per heavy atom. The van der Waals surface area contributed by atoms with Gasteiger partial charge >= 0.3 is 0 Å². The first-order chi connectivity index (χ1) is 14.0. The zero-order valence-electron chi connectivity index (χ0n) is 15.4. The van der Waals surface area contributed by atoms with Crippen LogP contribution in [0.15, 0.2) is 40.9 Å². The Hall–Kier alpha value is -3.24. The molecule has 0 bridgehead atoms. The van der Waals surface area contributed by atoms with E-state index in [1.165, 1.54) is 0 Å². The van der Waals surface area contributed by atoms with E-state index in [-0.39, 0.29) is 11.5 Å². The molecule has 0 spiro atoms. The fourth-order valence-electron chi connectivity index (χ4n) is 3.35. The van der Waals surface area contributed by atoms with Gasteiger partial charge in [0.25, 0.3) is 5.89 Å². The molecule has 0 N–H and O–H groups in total. The largest absolute Gasteiger partial charge is 0.337 e. The molecule has 0 amide bonds. The van der Waals surface area contributed by atoms with Crippen molar-refractivity contribution in [3.8, 4) is 17.5 Å². The van der Waals surface area contributed by atoms with Gasteiger partial charge in [0, 0.05) is 22.7 Å². The Bertz CT molecular complexity index is 1240. The van der Waals surface area contributed by atoms with Gasteiger partial charge in [-0.2, -0.15) is 10.2 Å². The first kappa shape index (κ1) is 19.1. The lowest BCUT2D eigenvalue weighted by molar-refractivity contribution is 0.420. The molecule has 5 nitrogen and oxygen atoms in total. The molecule has 0 aliphatic heterocycles. The van der Waals surface area contributed by atoms with Crippen molar-refractivity contribution in [3.05, 3.63) is 70.1 Å². The second kappa shape index (κ2) is 7.64. The third-order valence-electron chi connectivity index (χ3n) is 4.61. The average Bonchev–Trinajstić information content (AvgIpc) is 3.28. The average molecular weight is 413 g/mol. The summed E-state index contributed by atoms with van der Waals surface area (Å²) < 4.78 is 34.1. The van der Waals surface area contributed by atoms with Gasteiger partial charge in [-0.05, 0) is 36.8 Å². The van der Waals surface area contributed by atoms with E-state index in [4.69, 9.17) is 16.1 Å². The number of nitriles is 1. The highest BCUT2D eigenvalue weighted by Crippen LogP contribution is 2.31. The number of hydrogen-bond donors (Lipinski definition) is 0. The lowest BCUT2D eigenvalue weighted by Crippen LogP contribution is -2.05. The first-order valence-electron chi connectivity index (χ1n) is 9.00. The number of nitrogens with zero attached hydrogens (tertiary/aromatic N) is 4. The summed E-state index contributed by atoms with van der Waals surface area (Å²) in [5, 5.41) is 14.4. The van der Waals surface area contributed by atoms with Crippen LogP contribution in [-0.2, 0) is 13.0 Å². The molecule has 0 saturated heterocycles. The lowest BCUT2D eigenvalue weighted by Gasteiger charge is -2.08. The zero-order chi connectivity index (χ0) is 20.5. The maximum absolute atomic E-state index is 13.5. The highest BCUT2D eigenvalue weighted by Gasteiger charge is 2.17. The van der Waals surface area contributed by atoms with Crippen LogP contribution in [0.1, 0.15) is 30.4 Å². The van der Waals surface area contributed by atoms with Crippen LogP contribution in [0.3, 0.4) is 0 Å². The zero-order valence-corrected chi connectivity index (χ0v) is 16.2. The van der Waals surface area contributed by atoms with Crippen LogP contribution in [-0.4, -0.2) is 14.7 Å². The van der Waals surface area contributed by atoms with Crippen LogP contribution in [0, 0.1) is 23.0 Å². The van der Waals surface area contributed by atoms with E-state index >= 15 is 0 Å². The van der Waals surface area contributed by atoms with Gasteiger partial charge in [0.15, 0.2) is 5.82 Å². The van der Waals surface area contributed by atoms with Gasteiger partial charge in [0.2, 0.25) is 0 Å². The molecule has 8 heteroatoms. The van der Waals surface area contributed by atoms with Gasteiger partial charge < -0.3 is 9.09 Å². The predicted molar refractivity (Wildman–Crippen MR) is 104 cm³/mol. The molecule has 4 rings (SSSR count). The summed E-state index contributed by atoms with van der Waals surface area (Å²) >= 11 is 6.39. The minimum Gasteiger partial charge on any atom is -0.337 e. The predicted octanol–water partition coefficient (Wildman–Crippen LogP) is 5.50. The SMILES string of the molecule is CCCc1cc2c(Cl)c(C#N)ccc2n1Cc1noc(-c2cc(F)cc(F)c2)n1. The molecule has 0 saturated carbocycles. The van der Waals surface area contributed by atoms with Gasteiger partial charge in [-0.25, -0.2) is 8.78 Å². The van der Waals surface area contributed by atoms with Crippen molar-refractivity contribution in [2.45, 2.75) is 26.3 Å². The van der Waals surface area contributed by atoms with Crippen molar-refractivity contribution in [2.24, 2.45) is 0 Å². The molecule has 29 heavy (non-hydrogen) atoms. The molecule has 0 fully saturated rings. The summed E-state index contributed by atoms with van der Waals surface area (Å²) in [5.74, 6) is -1.04. The Labute approximate surface area is 170 Å². The highest BCUT2D eigenvalue weighted by atomic mass is 35.5. The summed E-state index contributed by atoms with van der Waals surface area (Å²) in [6.07, 6.45) is 1.71. The Balaban J connectivity index is 1.74. The van der Waals surface area contributed by atoms with E-state index in [1.54, 1.807) is 6.07 Å². The summed E-state index contributed by atoms with van der Waals surface area (Å²) in [4.78, 5) is 4.28. The number of fused-ring (bicyclic) bond motifs is 1. The van der Waals surface area contributed by atoms with Gasteiger partial charge in [-0.1, -0.05) is 30.1 Å². The summed E-state index contributed by atoms with van der Waals surface area (Å²) in [6, 6.07) is 10.6. The lowest BCUT2D eigenvalue weighted by atomic mass is 10.1. The minimum absolute atomic E-state index is 0.0386. The molecule has 2 heterocycles. The molecule has 0 unspecified atom stereocenters. The van der Waals surface area contributed by atoms with Crippen LogP contribution in [0.2, 0.25) is 5.02 Å². The number of aromatic nitrogens is 3. The van der Waals surface area contributed by atoms with E-state index in [2.05, 4.69) is 23.1 Å². The monoisotopic (exact) mass is 412 g/mol. The number of benzene rings is 2. The molecular formula is C21H15ClF2N4O. The summed E-state index contributed by atoms with van der Waals surface area (Å²) in [7, 11) is 0. The Morgan fingerprint density at radius 2 is 1.93 bits per heavy atom. The molecule has 2 aromatic heterocycles. The summed E-state index contributed by atoms with van der Waals surface area (Å²) in [5.41, 5.74) is 2.45. The summed E-state index contributed by atoms with van der Waals surface area (Å²) in [6.45, 7) is 2.36. The Kier molecular flexibility index (Phi) is 5.03. The van der Waals surface area contributed by atoms with Crippen LogP contribution < -0.4 is 0 Å². The second-order valence-electron chi connectivity index (χ2n) is 6.62. The molecule has 146 valence electrons. The van der Waals surface area contributed by atoms with Gasteiger partial charge in [0.1, 0.15) is 17.7 Å². The van der Waals surface area contributed by atoms with E-state index in [0.717, 1.165) is 47.6 Å². The highest BCUT2D eigenvalue weighted by molar-refractivity contribution is 6.36. The van der Waals surface area contributed by atoms with Crippen LogP contribution in [0.5, 0.6) is 0 Å². The third-order valence-corrected chi connectivity index (χ3v) is 5.02. The first-order valence-corrected chi connectivity index (χ1v) is 9.37. The van der Waals surface area contributed by atoms with Crippen molar-refractivity contribution in [1.29, 1.82) is 5.26 Å². The van der Waals surface area contributed by atoms with Gasteiger partial charge in [0.05, 0.1) is 22.6 Å². The standard InChI is InChI=1S/C21H15ClF2N4O/c1-2-3-16-9-17-18(5-4-12(10-25)20(17)22)28(16)11-19-26-21(29-27-19)13-6-14(23)8-15(24)7-13/h4-9H,2-3,11H2,1H3. The van der Waals surface area contributed by atoms with E-state index in [1.807, 2.05) is 16.7 Å². The normalized spacial score (nSPS) is 11.1. The number of hydrogen-bond acceptors (Lipinski definition) is 4. The van der Waals surface area contributed by atoms with E-state index < -0.39 is 11.6 Å². The van der Waals surface area contributed by atoms with Crippen molar-refractivity contribution >= 4 is 22.5 Å². The Morgan fingerprint density at radius 3 is 2.62 bits per heavy atom. The van der Waals surface area contributed by atoms with Crippen LogP contribution in [0.25, 0.3) is 22.4 Å². The molecule has 4 aromatic rings. The van der Waals surface area contributed by atoms with Crippen molar-refractivity contribution < 1.29 is 13.3 Å².